The van der Waals surface area contributed by atoms with E-state index in [0.717, 1.165) is 22.0 Å². The van der Waals surface area contributed by atoms with Crippen LogP contribution in [-0.2, 0) is 22.3 Å². The zero-order valence-corrected chi connectivity index (χ0v) is 19.6. The van der Waals surface area contributed by atoms with Gasteiger partial charge in [0.1, 0.15) is 11.4 Å². The lowest BCUT2D eigenvalue weighted by atomic mass is 9.66. The van der Waals surface area contributed by atoms with Crippen molar-refractivity contribution in [3.05, 3.63) is 51.5 Å². The van der Waals surface area contributed by atoms with E-state index in [2.05, 4.69) is 10.3 Å². The van der Waals surface area contributed by atoms with E-state index in [1.54, 1.807) is 17.5 Å². The third-order valence-corrected chi connectivity index (χ3v) is 6.86. The summed E-state index contributed by atoms with van der Waals surface area (Å²) in [5, 5.41) is 3.80. The molecule has 2 aromatic rings. The molecular weight excluding hydrogens is 463 g/mol. The molecule has 0 saturated heterocycles. The summed E-state index contributed by atoms with van der Waals surface area (Å²) >= 11 is 7.42. The average Bonchev–Trinajstić information content (AvgIpc) is 3.10. The fourth-order valence-corrected chi connectivity index (χ4v) is 4.97. The van der Waals surface area contributed by atoms with E-state index in [0.29, 0.717) is 18.4 Å². The summed E-state index contributed by atoms with van der Waals surface area (Å²) in [6.07, 6.45) is -1.92. The number of thiazole rings is 1. The van der Waals surface area contributed by atoms with Crippen LogP contribution in [0.25, 0.3) is 0 Å². The van der Waals surface area contributed by atoms with E-state index in [1.807, 2.05) is 20.8 Å². The van der Waals surface area contributed by atoms with Crippen LogP contribution in [0.3, 0.4) is 0 Å². The molecule has 0 spiro atoms. The van der Waals surface area contributed by atoms with Gasteiger partial charge in [-0.3, -0.25) is 9.59 Å². The Labute approximate surface area is 194 Å². The SMILES string of the molecule is Cc1cnc(C2CC(C(=O)NC(C)C)(N(Cc3ccc(C(F)(F)F)cc3)C(=O)CCl)C2)s1. The quantitative estimate of drug-likeness (QED) is 0.566. The number of hydrogen-bond donors (Lipinski definition) is 1. The lowest BCUT2D eigenvalue weighted by molar-refractivity contribution is -0.155. The highest BCUT2D eigenvalue weighted by atomic mass is 35.5. The van der Waals surface area contributed by atoms with Crippen LogP contribution in [0.1, 0.15) is 53.6 Å². The molecule has 1 heterocycles. The fraction of sp³-hybridized carbons (Fsp3) is 0.500. The third-order valence-electron chi connectivity index (χ3n) is 5.55. The van der Waals surface area contributed by atoms with Crippen LogP contribution < -0.4 is 5.32 Å². The Hall–Kier alpha value is -2.13. The number of aryl methyl sites for hydroxylation is 1. The van der Waals surface area contributed by atoms with Gasteiger partial charge in [-0.05, 0) is 51.3 Å². The van der Waals surface area contributed by atoms with Gasteiger partial charge in [-0.2, -0.15) is 13.2 Å². The lowest BCUT2D eigenvalue weighted by Gasteiger charge is -2.52. The Kier molecular flexibility index (Phi) is 7.19. The summed E-state index contributed by atoms with van der Waals surface area (Å²) in [6, 6.07) is 4.46. The molecule has 1 N–H and O–H groups in total. The van der Waals surface area contributed by atoms with E-state index in [4.69, 9.17) is 11.6 Å². The Bertz CT molecular complexity index is 970. The van der Waals surface area contributed by atoms with Gasteiger partial charge in [0.15, 0.2) is 0 Å². The van der Waals surface area contributed by atoms with Crippen molar-refractivity contribution < 1.29 is 22.8 Å². The summed E-state index contributed by atoms with van der Waals surface area (Å²) in [5.41, 5.74) is -1.42. The van der Waals surface area contributed by atoms with E-state index < -0.39 is 23.2 Å². The van der Waals surface area contributed by atoms with Crippen molar-refractivity contribution in [3.8, 4) is 0 Å². The van der Waals surface area contributed by atoms with Gasteiger partial charge in [-0.25, -0.2) is 4.98 Å². The van der Waals surface area contributed by atoms with Crippen molar-refractivity contribution in [2.24, 2.45) is 0 Å². The molecule has 32 heavy (non-hydrogen) atoms. The first kappa shape index (κ1) is 24.5. The van der Waals surface area contributed by atoms with Crippen molar-refractivity contribution >= 4 is 34.8 Å². The van der Waals surface area contributed by atoms with E-state index in [1.165, 1.54) is 17.0 Å². The summed E-state index contributed by atoms with van der Waals surface area (Å²) in [7, 11) is 0. The zero-order valence-electron chi connectivity index (χ0n) is 18.0. The third kappa shape index (κ3) is 5.09. The summed E-state index contributed by atoms with van der Waals surface area (Å²) in [4.78, 5) is 33.0. The molecule has 0 aliphatic heterocycles. The number of hydrogen-bond acceptors (Lipinski definition) is 4. The van der Waals surface area contributed by atoms with Gasteiger partial charge in [-0.1, -0.05) is 12.1 Å². The van der Waals surface area contributed by atoms with E-state index in [9.17, 15) is 22.8 Å². The minimum absolute atomic E-state index is 0.0151. The molecule has 1 saturated carbocycles. The van der Waals surface area contributed by atoms with Gasteiger partial charge in [0.2, 0.25) is 11.8 Å². The van der Waals surface area contributed by atoms with Gasteiger partial charge < -0.3 is 10.2 Å². The summed E-state index contributed by atoms with van der Waals surface area (Å²) in [5.74, 6) is -1.05. The van der Waals surface area contributed by atoms with Crippen molar-refractivity contribution in [2.75, 3.05) is 5.88 Å². The number of alkyl halides is 4. The molecule has 1 aliphatic rings. The largest absolute Gasteiger partial charge is 0.416 e. The first-order chi connectivity index (χ1) is 15.0. The first-order valence-electron chi connectivity index (χ1n) is 10.2. The second kappa shape index (κ2) is 9.39. The highest BCUT2D eigenvalue weighted by Crippen LogP contribution is 2.50. The monoisotopic (exact) mass is 487 g/mol. The number of nitrogens with zero attached hydrogens (tertiary/aromatic N) is 2. The first-order valence-corrected chi connectivity index (χ1v) is 11.6. The summed E-state index contributed by atoms with van der Waals surface area (Å²) in [6.45, 7) is 5.59. The maximum absolute atomic E-state index is 13.3. The molecule has 3 rings (SSSR count). The van der Waals surface area contributed by atoms with Crippen LogP contribution >= 0.6 is 22.9 Å². The number of benzene rings is 1. The highest BCUT2D eigenvalue weighted by Gasteiger charge is 2.56. The molecule has 10 heteroatoms. The van der Waals surface area contributed by atoms with Crippen molar-refractivity contribution in [1.82, 2.24) is 15.2 Å². The molecule has 5 nitrogen and oxygen atoms in total. The number of amides is 2. The minimum atomic E-state index is -4.45. The van der Waals surface area contributed by atoms with Crippen LogP contribution in [0.4, 0.5) is 13.2 Å². The van der Waals surface area contributed by atoms with Crippen LogP contribution in [0, 0.1) is 6.92 Å². The number of halogens is 4. The number of nitrogens with one attached hydrogen (secondary N) is 1. The zero-order chi connectivity index (χ0) is 23.7. The van der Waals surface area contributed by atoms with Gasteiger partial charge >= 0.3 is 6.18 Å². The Morgan fingerprint density at radius 2 is 1.91 bits per heavy atom. The minimum Gasteiger partial charge on any atom is -0.352 e. The van der Waals surface area contributed by atoms with Gasteiger partial charge in [-0.15, -0.1) is 22.9 Å². The lowest BCUT2D eigenvalue weighted by Crippen LogP contribution is -2.67. The molecular formula is C22H25ClF3N3O2S. The van der Waals surface area contributed by atoms with Crippen LogP contribution in [0.15, 0.2) is 30.5 Å². The van der Waals surface area contributed by atoms with E-state index >= 15 is 0 Å². The molecule has 0 radical (unpaired) electrons. The predicted octanol–water partition coefficient (Wildman–Crippen LogP) is 4.88. The number of rotatable bonds is 7. The number of carbonyl (C=O) groups is 2. The van der Waals surface area contributed by atoms with Crippen LogP contribution in [-0.4, -0.2) is 39.2 Å². The van der Waals surface area contributed by atoms with Gasteiger partial charge in [0.05, 0.1) is 10.6 Å². The van der Waals surface area contributed by atoms with Crippen molar-refractivity contribution in [2.45, 2.75) is 63.8 Å². The van der Waals surface area contributed by atoms with Gasteiger partial charge in [0.25, 0.3) is 0 Å². The Balaban J connectivity index is 1.91. The standard InChI is InChI=1S/C22H25ClF3N3O2S/c1-13(2)28-20(31)21(8-16(9-21)19-27-11-14(3)32-19)29(18(30)10-23)12-15-4-6-17(7-5-15)22(24,25)26/h4-7,11,13,16H,8-10,12H2,1-3H3,(H,28,31). The Morgan fingerprint density at radius 3 is 2.38 bits per heavy atom. The Morgan fingerprint density at radius 1 is 1.28 bits per heavy atom. The maximum atomic E-state index is 13.3. The summed E-state index contributed by atoms with van der Waals surface area (Å²) < 4.78 is 38.7. The maximum Gasteiger partial charge on any atom is 0.416 e. The molecule has 174 valence electrons. The molecule has 0 atom stereocenters. The molecule has 1 aromatic heterocycles. The van der Waals surface area contributed by atoms with E-state index in [-0.39, 0.29) is 30.3 Å². The van der Waals surface area contributed by atoms with Gasteiger partial charge in [0, 0.05) is 29.6 Å². The van der Waals surface area contributed by atoms with Crippen molar-refractivity contribution in [3.63, 3.8) is 0 Å². The topological polar surface area (TPSA) is 62.3 Å². The number of aromatic nitrogens is 1. The average molecular weight is 488 g/mol. The molecule has 2 amide bonds. The molecule has 1 fully saturated rings. The smallest absolute Gasteiger partial charge is 0.352 e. The normalized spacial score (nSPS) is 20.7. The predicted molar refractivity (Wildman–Crippen MR) is 118 cm³/mol. The molecule has 0 bridgehead atoms. The highest BCUT2D eigenvalue weighted by molar-refractivity contribution is 7.11. The number of carbonyl (C=O) groups excluding carboxylic acids is 2. The molecule has 1 aliphatic carbocycles. The molecule has 0 unspecified atom stereocenters. The second-order valence-electron chi connectivity index (χ2n) is 8.38. The second-order valence-corrected chi connectivity index (χ2v) is 9.92. The van der Waals surface area contributed by atoms with Crippen LogP contribution in [0.5, 0.6) is 0 Å². The van der Waals surface area contributed by atoms with Crippen LogP contribution in [0.2, 0.25) is 0 Å². The fourth-order valence-electron chi connectivity index (χ4n) is 3.95. The van der Waals surface area contributed by atoms with Crippen molar-refractivity contribution in [1.29, 1.82) is 0 Å². The molecule has 1 aromatic carbocycles.